The number of hydrogen-bond acceptors (Lipinski definition) is 7. The molecule has 0 radical (unpaired) electrons. The van der Waals surface area contributed by atoms with Gasteiger partial charge in [0.25, 0.3) is 10.0 Å². The van der Waals surface area contributed by atoms with Crippen LogP contribution in [0.5, 0.6) is 0 Å². The predicted octanol–water partition coefficient (Wildman–Crippen LogP) is 0.182. The zero-order chi connectivity index (χ0) is 14.8. The average molecular weight is 316 g/mol. The van der Waals surface area contributed by atoms with Crippen molar-refractivity contribution in [3.05, 3.63) is 17.0 Å². The van der Waals surface area contributed by atoms with Crippen molar-refractivity contribution in [2.24, 2.45) is 0 Å². The van der Waals surface area contributed by atoms with E-state index in [1.807, 2.05) is 6.07 Å². The summed E-state index contributed by atoms with van der Waals surface area (Å²) in [6.07, 6.45) is -0.918. The van der Waals surface area contributed by atoms with Gasteiger partial charge in [0.1, 0.15) is 15.2 Å². The minimum absolute atomic E-state index is 0.0829. The highest BCUT2D eigenvalue weighted by atomic mass is 32.2. The van der Waals surface area contributed by atoms with Crippen molar-refractivity contribution in [2.45, 2.75) is 10.3 Å². The number of carbonyl (C=O) groups is 1. The first-order chi connectivity index (χ1) is 9.48. The summed E-state index contributed by atoms with van der Waals surface area (Å²) < 4.78 is 35.8. The largest absolute Gasteiger partial charge is 0.467 e. The summed E-state index contributed by atoms with van der Waals surface area (Å²) in [5, 5.41) is 8.74. The molecule has 0 bridgehead atoms. The third-order valence-electron chi connectivity index (χ3n) is 2.78. The van der Waals surface area contributed by atoms with Gasteiger partial charge in [-0.15, -0.1) is 11.3 Å². The number of hydrogen-bond donors (Lipinski definition) is 0. The molecule has 2 heterocycles. The normalized spacial score (nSPS) is 20.3. The third-order valence-corrected chi connectivity index (χ3v) is 6.10. The molecule has 1 atom stereocenters. The molecule has 0 spiro atoms. The molecule has 1 aliphatic rings. The van der Waals surface area contributed by atoms with Crippen LogP contribution >= 0.6 is 11.3 Å². The highest BCUT2D eigenvalue weighted by molar-refractivity contribution is 7.91. The number of morpholine rings is 1. The van der Waals surface area contributed by atoms with Crippen LogP contribution in [0.3, 0.4) is 0 Å². The van der Waals surface area contributed by atoms with Crippen LogP contribution in [0.2, 0.25) is 0 Å². The fraction of sp³-hybridized carbons (Fsp3) is 0.455. The Kier molecular flexibility index (Phi) is 4.39. The molecule has 1 aliphatic heterocycles. The standard InChI is InChI=1S/C11H12N2O5S2/c1-17-11(14)9-7-13(4-5-18-9)20(15,16)10-3-2-8(6-12)19-10/h2-3,9H,4-5,7H2,1H3. The molecule has 1 fully saturated rings. The quantitative estimate of drug-likeness (QED) is 0.738. The number of thiophene rings is 1. The first-order valence-corrected chi connectivity index (χ1v) is 7.94. The van der Waals surface area contributed by atoms with Crippen LogP contribution in [-0.2, 0) is 24.3 Å². The maximum atomic E-state index is 12.4. The van der Waals surface area contributed by atoms with Gasteiger partial charge in [0.15, 0.2) is 6.10 Å². The second kappa shape index (κ2) is 5.88. The summed E-state index contributed by atoms with van der Waals surface area (Å²) in [6, 6.07) is 4.74. The molecule has 108 valence electrons. The van der Waals surface area contributed by atoms with Gasteiger partial charge >= 0.3 is 5.97 Å². The van der Waals surface area contributed by atoms with Crippen molar-refractivity contribution >= 4 is 27.3 Å². The van der Waals surface area contributed by atoms with Gasteiger partial charge in [-0.05, 0) is 12.1 Å². The summed E-state index contributed by atoms with van der Waals surface area (Å²) in [4.78, 5) is 11.7. The number of nitrogens with zero attached hydrogens (tertiary/aromatic N) is 2. The zero-order valence-electron chi connectivity index (χ0n) is 10.6. The molecule has 1 saturated heterocycles. The summed E-state index contributed by atoms with van der Waals surface area (Å²) in [5.41, 5.74) is 0. The van der Waals surface area contributed by atoms with Gasteiger partial charge in [-0.1, -0.05) is 0 Å². The van der Waals surface area contributed by atoms with E-state index in [1.54, 1.807) is 0 Å². The van der Waals surface area contributed by atoms with Gasteiger partial charge in [-0.25, -0.2) is 13.2 Å². The Balaban J connectivity index is 2.21. The molecular weight excluding hydrogens is 304 g/mol. The molecule has 2 rings (SSSR count). The van der Waals surface area contributed by atoms with Gasteiger partial charge < -0.3 is 9.47 Å². The van der Waals surface area contributed by atoms with E-state index in [0.29, 0.717) is 4.88 Å². The van der Waals surface area contributed by atoms with Crippen molar-refractivity contribution in [3.8, 4) is 6.07 Å². The SMILES string of the molecule is COC(=O)C1CN(S(=O)(=O)c2ccc(C#N)s2)CCO1. The number of rotatable bonds is 3. The maximum absolute atomic E-state index is 12.4. The molecule has 1 aromatic rings. The summed E-state index contributed by atoms with van der Waals surface area (Å²) in [5.74, 6) is -0.603. The van der Waals surface area contributed by atoms with Crippen molar-refractivity contribution in [2.75, 3.05) is 26.8 Å². The van der Waals surface area contributed by atoms with Crippen LogP contribution in [-0.4, -0.2) is 51.6 Å². The molecule has 1 unspecified atom stereocenters. The Morgan fingerprint density at radius 3 is 2.95 bits per heavy atom. The number of sulfonamides is 1. The molecule has 0 aromatic carbocycles. The average Bonchev–Trinajstić information content (AvgIpc) is 2.96. The van der Waals surface area contributed by atoms with E-state index >= 15 is 0 Å². The summed E-state index contributed by atoms with van der Waals surface area (Å²) >= 11 is 0.901. The van der Waals surface area contributed by atoms with Gasteiger partial charge in [0.05, 0.1) is 20.3 Å². The Bertz CT molecular complexity index is 646. The first kappa shape index (κ1) is 14.9. The van der Waals surface area contributed by atoms with Crippen LogP contribution < -0.4 is 0 Å². The first-order valence-electron chi connectivity index (χ1n) is 5.68. The number of ether oxygens (including phenoxy) is 2. The number of carbonyl (C=O) groups excluding carboxylic acids is 1. The van der Waals surface area contributed by atoms with E-state index in [2.05, 4.69) is 4.74 Å². The fourth-order valence-corrected chi connectivity index (χ4v) is 4.45. The molecule has 9 heteroatoms. The topological polar surface area (TPSA) is 96.7 Å². The summed E-state index contributed by atoms with van der Waals surface area (Å²) in [6.45, 7) is 0.194. The van der Waals surface area contributed by atoms with E-state index in [-0.39, 0.29) is 23.9 Å². The van der Waals surface area contributed by atoms with Gasteiger partial charge in [0, 0.05) is 6.54 Å². The number of esters is 1. The fourth-order valence-electron chi connectivity index (χ4n) is 1.76. The second-order valence-electron chi connectivity index (χ2n) is 3.98. The molecular formula is C11H12N2O5S2. The molecule has 0 N–H and O–H groups in total. The van der Waals surface area contributed by atoms with E-state index < -0.39 is 22.1 Å². The molecule has 0 saturated carbocycles. The van der Waals surface area contributed by atoms with E-state index in [1.165, 1.54) is 23.5 Å². The lowest BCUT2D eigenvalue weighted by Gasteiger charge is -2.30. The Hall–Kier alpha value is -1.47. The predicted molar refractivity (Wildman–Crippen MR) is 69.5 cm³/mol. The lowest BCUT2D eigenvalue weighted by Crippen LogP contribution is -2.48. The van der Waals surface area contributed by atoms with Crippen molar-refractivity contribution in [3.63, 3.8) is 0 Å². The molecule has 7 nitrogen and oxygen atoms in total. The summed E-state index contributed by atoms with van der Waals surface area (Å²) in [7, 11) is -2.49. The maximum Gasteiger partial charge on any atom is 0.336 e. The highest BCUT2D eigenvalue weighted by Gasteiger charge is 2.35. The molecule has 1 aromatic heterocycles. The zero-order valence-corrected chi connectivity index (χ0v) is 12.2. The Morgan fingerprint density at radius 2 is 2.35 bits per heavy atom. The molecule has 20 heavy (non-hydrogen) atoms. The number of methoxy groups -OCH3 is 1. The van der Waals surface area contributed by atoms with Crippen LogP contribution in [0.25, 0.3) is 0 Å². The molecule has 0 amide bonds. The minimum Gasteiger partial charge on any atom is -0.467 e. The lowest BCUT2D eigenvalue weighted by molar-refractivity contribution is -0.157. The van der Waals surface area contributed by atoms with E-state index in [0.717, 1.165) is 11.3 Å². The smallest absolute Gasteiger partial charge is 0.336 e. The van der Waals surface area contributed by atoms with Crippen molar-refractivity contribution < 1.29 is 22.7 Å². The van der Waals surface area contributed by atoms with Crippen LogP contribution in [0.4, 0.5) is 0 Å². The van der Waals surface area contributed by atoms with Crippen LogP contribution in [0.1, 0.15) is 4.88 Å². The second-order valence-corrected chi connectivity index (χ2v) is 7.22. The monoisotopic (exact) mass is 316 g/mol. The van der Waals surface area contributed by atoms with Gasteiger partial charge in [-0.2, -0.15) is 9.57 Å². The van der Waals surface area contributed by atoms with Gasteiger partial charge in [-0.3, -0.25) is 0 Å². The highest BCUT2D eigenvalue weighted by Crippen LogP contribution is 2.25. The van der Waals surface area contributed by atoms with Gasteiger partial charge in [0.2, 0.25) is 0 Å². The van der Waals surface area contributed by atoms with E-state index in [9.17, 15) is 13.2 Å². The lowest BCUT2D eigenvalue weighted by atomic mass is 10.3. The van der Waals surface area contributed by atoms with Crippen LogP contribution in [0, 0.1) is 11.3 Å². The van der Waals surface area contributed by atoms with Crippen LogP contribution in [0.15, 0.2) is 16.3 Å². The van der Waals surface area contributed by atoms with Crippen molar-refractivity contribution in [1.29, 1.82) is 5.26 Å². The van der Waals surface area contributed by atoms with Crippen molar-refractivity contribution in [1.82, 2.24) is 4.31 Å². The Morgan fingerprint density at radius 1 is 1.60 bits per heavy atom. The van der Waals surface area contributed by atoms with E-state index in [4.69, 9.17) is 10.00 Å². The minimum atomic E-state index is -3.71. The molecule has 0 aliphatic carbocycles. The number of nitriles is 1. The third kappa shape index (κ3) is 2.83. The Labute approximate surface area is 120 Å².